The number of piperidine rings is 1. The van der Waals surface area contributed by atoms with Crippen molar-refractivity contribution in [2.24, 2.45) is 5.92 Å². The zero-order chi connectivity index (χ0) is 18.8. The number of rotatable bonds is 4. The number of hydrogen-bond acceptors (Lipinski definition) is 5. The molecule has 0 bridgehead atoms. The molecule has 3 heterocycles. The van der Waals surface area contributed by atoms with Gasteiger partial charge in [0.15, 0.2) is 0 Å². The Morgan fingerprint density at radius 3 is 2.56 bits per heavy atom. The molecule has 27 heavy (non-hydrogen) atoms. The molecule has 5 heteroatoms. The van der Waals surface area contributed by atoms with Crippen LogP contribution in [0.4, 0.5) is 11.6 Å². The van der Waals surface area contributed by atoms with E-state index in [1.807, 2.05) is 6.92 Å². The van der Waals surface area contributed by atoms with Gasteiger partial charge in [0.25, 0.3) is 0 Å². The lowest BCUT2D eigenvalue weighted by Gasteiger charge is -2.39. The van der Waals surface area contributed by atoms with E-state index in [-0.39, 0.29) is 6.10 Å². The average molecular weight is 367 g/mol. The summed E-state index contributed by atoms with van der Waals surface area (Å²) in [5.74, 6) is 2.98. The third-order valence-electron chi connectivity index (χ3n) is 6.31. The highest BCUT2D eigenvalue weighted by Crippen LogP contribution is 2.34. The molecule has 2 fully saturated rings. The Morgan fingerprint density at radius 2 is 1.85 bits per heavy atom. The molecule has 144 valence electrons. The van der Waals surface area contributed by atoms with Gasteiger partial charge in [-0.3, -0.25) is 0 Å². The van der Waals surface area contributed by atoms with Crippen LogP contribution in [0.5, 0.6) is 0 Å². The van der Waals surface area contributed by atoms with Crippen LogP contribution in [0.3, 0.4) is 0 Å². The molecule has 4 rings (SSSR count). The number of anilines is 2. The predicted molar refractivity (Wildman–Crippen MR) is 109 cm³/mol. The quantitative estimate of drug-likeness (QED) is 0.898. The number of hydrogen-bond donors (Lipinski definition) is 1. The number of aliphatic hydroxyl groups is 1. The van der Waals surface area contributed by atoms with E-state index in [9.17, 15) is 5.11 Å². The van der Waals surface area contributed by atoms with Crippen molar-refractivity contribution in [3.8, 4) is 0 Å². The molecule has 0 spiro atoms. The van der Waals surface area contributed by atoms with E-state index in [4.69, 9.17) is 0 Å². The van der Waals surface area contributed by atoms with Crippen LogP contribution in [0, 0.1) is 5.92 Å². The molecule has 2 aliphatic heterocycles. The number of aromatic nitrogens is 2. The van der Waals surface area contributed by atoms with Crippen LogP contribution >= 0.6 is 0 Å². The highest BCUT2D eigenvalue weighted by molar-refractivity contribution is 5.51. The summed E-state index contributed by atoms with van der Waals surface area (Å²) >= 11 is 0. The van der Waals surface area contributed by atoms with Crippen molar-refractivity contribution in [3.05, 3.63) is 48.3 Å². The normalized spacial score (nSPS) is 27.0. The van der Waals surface area contributed by atoms with Crippen LogP contribution in [-0.2, 0) is 0 Å². The molecule has 4 unspecified atom stereocenters. The van der Waals surface area contributed by atoms with Crippen LogP contribution in [-0.4, -0.2) is 46.9 Å². The maximum atomic E-state index is 9.86. The Balaban J connectivity index is 1.45. The minimum absolute atomic E-state index is 0.256. The Bertz CT molecular complexity index is 751. The van der Waals surface area contributed by atoms with Gasteiger partial charge >= 0.3 is 0 Å². The molecule has 2 aliphatic rings. The molecule has 1 aromatic heterocycles. The Morgan fingerprint density at radius 1 is 1.07 bits per heavy atom. The van der Waals surface area contributed by atoms with Gasteiger partial charge in [-0.15, -0.1) is 0 Å². The third-order valence-corrected chi connectivity index (χ3v) is 6.31. The number of benzene rings is 1. The first-order valence-electron chi connectivity index (χ1n) is 10.2. The van der Waals surface area contributed by atoms with Crippen LogP contribution in [0.15, 0.2) is 42.7 Å². The molecule has 0 aliphatic carbocycles. The summed E-state index contributed by atoms with van der Waals surface area (Å²) in [7, 11) is 0. The zero-order valence-corrected chi connectivity index (χ0v) is 16.3. The van der Waals surface area contributed by atoms with Crippen LogP contribution < -0.4 is 9.80 Å². The summed E-state index contributed by atoms with van der Waals surface area (Å²) in [5.41, 5.74) is 1.45. The first kappa shape index (κ1) is 18.2. The molecule has 5 nitrogen and oxygen atoms in total. The molecule has 2 saturated heterocycles. The minimum Gasteiger partial charge on any atom is -0.393 e. The van der Waals surface area contributed by atoms with Crippen molar-refractivity contribution in [2.45, 2.75) is 51.2 Å². The molecule has 4 atom stereocenters. The van der Waals surface area contributed by atoms with Crippen LogP contribution in [0.2, 0.25) is 0 Å². The molecular weight excluding hydrogens is 336 g/mol. The van der Waals surface area contributed by atoms with Crippen LogP contribution in [0.25, 0.3) is 0 Å². The van der Waals surface area contributed by atoms with E-state index in [2.05, 4.69) is 63.1 Å². The summed E-state index contributed by atoms with van der Waals surface area (Å²) in [6.45, 7) is 7.04. The van der Waals surface area contributed by atoms with Gasteiger partial charge in [0, 0.05) is 37.7 Å². The minimum atomic E-state index is -0.256. The van der Waals surface area contributed by atoms with E-state index in [0.717, 1.165) is 50.5 Å². The summed E-state index contributed by atoms with van der Waals surface area (Å²) < 4.78 is 0. The standard InChI is InChI=1S/C22H30N4O/c1-16-12-19(18-6-4-3-5-7-18)9-11-26(16)22-13-21(23-15-24-22)25-10-8-20(14-25)17(2)27/h3-7,13,15-17,19-20,27H,8-12,14H2,1-2H3. The van der Waals surface area contributed by atoms with Gasteiger partial charge in [-0.2, -0.15) is 0 Å². The van der Waals surface area contributed by atoms with E-state index in [1.165, 1.54) is 5.56 Å². The number of nitrogens with zero attached hydrogens (tertiary/aromatic N) is 4. The SMILES string of the molecule is CC(O)C1CCN(c2cc(N3CCC(c4ccccc4)CC3C)ncn2)C1. The lowest BCUT2D eigenvalue weighted by Crippen LogP contribution is -2.40. The summed E-state index contributed by atoms with van der Waals surface area (Å²) in [5, 5.41) is 9.86. The summed E-state index contributed by atoms with van der Waals surface area (Å²) in [6, 6.07) is 13.5. The second-order valence-corrected chi connectivity index (χ2v) is 8.14. The predicted octanol–water partition coefficient (Wildman–Crippen LogP) is 3.46. The maximum absolute atomic E-state index is 9.86. The van der Waals surface area contributed by atoms with Crippen molar-refractivity contribution in [2.75, 3.05) is 29.4 Å². The second-order valence-electron chi connectivity index (χ2n) is 8.14. The van der Waals surface area contributed by atoms with Gasteiger partial charge < -0.3 is 14.9 Å². The second kappa shape index (κ2) is 7.85. The van der Waals surface area contributed by atoms with Gasteiger partial charge in [-0.05, 0) is 44.6 Å². The highest BCUT2D eigenvalue weighted by atomic mass is 16.3. The molecule has 1 N–H and O–H groups in total. The molecule has 1 aromatic carbocycles. The largest absolute Gasteiger partial charge is 0.393 e. The maximum Gasteiger partial charge on any atom is 0.134 e. The Hall–Kier alpha value is -2.14. The van der Waals surface area contributed by atoms with Gasteiger partial charge in [0.1, 0.15) is 18.0 Å². The molecular formula is C22H30N4O. The fraction of sp³-hybridized carbons (Fsp3) is 0.545. The first-order chi connectivity index (χ1) is 13.1. The van der Waals surface area contributed by atoms with Crippen LogP contribution in [0.1, 0.15) is 44.6 Å². The van der Waals surface area contributed by atoms with Crippen molar-refractivity contribution in [1.82, 2.24) is 9.97 Å². The molecule has 2 aromatic rings. The lowest BCUT2D eigenvalue weighted by atomic mass is 9.86. The summed E-state index contributed by atoms with van der Waals surface area (Å²) in [6.07, 6.45) is 4.76. The van der Waals surface area contributed by atoms with Crippen molar-refractivity contribution < 1.29 is 5.11 Å². The third kappa shape index (κ3) is 3.93. The zero-order valence-electron chi connectivity index (χ0n) is 16.3. The fourth-order valence-corrected chi connectivity index (χ4v) is 4.60. The molecule has 0 radical (unpaired) electrons. The highest BCUT2D eigenvalue weighted by Gasteiger charge is 2.29. The van der Waals surface area contributed by atoms with Crippen molar-refractivity contribution in [3.63, 3.8) is 0 Å². The smallest absolute Gasteiger partial charge is 0.134 e. The molecule has 0 amide bonds. The first-order valence-corrected chi connectivity index (χ1v) is 10.2. The van der Waals surface area contributed by atoms with E-state index < -0.39 is 0 Å². The van der Waals surface area contributed by atoms with Gasteiger partial charge in [-0.25, -0.2) is 9.97 Å². The summed E-state index contributed by atoms with van der Waals surface area (Å²) in [4.78, 5) is 13.8. The van der Waals surface area contributed by atoms with E-state index in [0.29, 0.717) is 17.9 Å². The van der Waals surface area contributed by atoms with Gasteiger partial charge in [0.05, 0.1) is 6.10 Å². The van der Waals surface area contributed by atoms with Gasteiger partial charge in [0.2, 0.25) is 0 Å². The van der Waals surface area contributed by atoms with Gasteiger partial charge in [-0.1, -0.05) is 30.3 Å². The number of aliphatic hydroxyl groups excluding tert-OH is 1. The van der Waals surface area contributed by atoms with Crippen molar-refractivity contribution >= 4 is 11.6 Å². The monoisotopic (exact) mass is 366 g/mol. The van der Waals surface area contributed by atoms with Crippen molar-refractivity contribution in [1.29, 1.82) is 0 Å². The van der Waals surface area contributed by atoms with E-state index >= 15 is 0 Å². The Kier molecular flexibility index (Phi) is 5.30. The average Bonchev–Trinajstić information content (AvgIpc) is 3.19. The fourth-order valence-electron chi connectivity index (χ4n) is 4.60. The topological polar surface area (TPSA) is 52.5 Å². The lowest BCUT2D eigenvalue weighted by molar-refractivity contribution is 0.136. The van der Waals surface area contributed by atoms with E-state index in [1.54, 1.807) is 6.33 Å². The molecule has 0 saturated carbocycles. The Labute approximate surface area is 162 Å².